The summed E-state index contributed by atoms with van der Waals surface area (Å²) in [6.07, 6.45) is 2.61. The van der Waals surface area contributed by atoms with Gasteiger partial charge in [0.15, 0.2) is 0 Å². The minimum Gasteiger partial charge on any atom is -0.341 e. The fourth-order valence-corrected chi connectivity index (χ4v) is 3.75. The third-order valence-electron chi connectivity index (χ3n) is 5.33. The maximum Gasteiger partial charge on any atom is 0.275 e. The molecule has 1 amide bonds. The molecule has 0 bridgehead atoms. The maximum absolute atomic E-state index is 13.0. The first-order chi connectivity index (χ1) is 13.6. The highest BCUT2D eigenvalue weighted by atomic mass is 16.2. The fourth-order valence-electron chi connectivity index (χ4n) is 3.75. The van der Waals surface area contributed by atoms with Gasteiger partial charge in [0, 0.05) is 30.1 Å². The highest BCUT2D eigenvalue weighted by Gasteiger charge is 2.21. The first-order valence-electron chi connectivity index (χ1n) is 9.72. The molecule has 6 nitrogen and oxygen atoms in total. The molecule has 0 radical (unpaired) electrons. The normalized spacial score (nSPS) is 17.5. The molecule has 2 aromatic carbocycles. The van der Waals surface area contributed by atoms with Gasteiger partial charge in [-0.1, -0.05) is 48.5 Å². The number of nitrogens with two attached hydrogens (primary N) is 1. The van der Waals surface area contributed by atoms with Crippen molar-refractivity contribution in [2.24, 2.45) is 5.73 Å². The number of rotatable bonds is 3. The van der Waals surface area contributed by atoms with Crippen LogP contribution in [-0.4, -0.2) is 39.7 Å². The summed E-state index contributed by atoms with van der Waals surface area (Å²) in [5.41, 5.74) is 7.40. The summed E-state index contributed by atoms with van der Waals surface area (Å²) in [4.78, 5) is 27.6. The number of likely N-dealkylation sites (tertiary alicyclic amines) is 1. The van der Waals surface area contributed by atoms with Gasteiger partial charge in [-0.2, -0.15) is 5.10 Å². The number of hydrogen-bond acceptors (Lipinski definition) is 4. The zero-order valence-corrected chi connectivity index (χ0v) is 15.8. The third-order valence-corrected chi connectivity index (χ3v) is 5.33. The molecule has 1 aliphatic rings. The van der Waals surface area contributed by atoms with E-state index in [1.54, 1.807) is 11.0 Å². The van der Waals surface area contributed by atoms with E-state index in [0.29, 0.717) is 24.2 Å². The van der Waals surface area contributed by atoms with Crippen molar-refractivity contribution >= 4 is 16.7 Å². The lowest BCUT2D eigenvalue weighted by Crippen LogP contribution is -2.38. The van der Waals surface area contributed by atoms with Gasteiger partial charge in [-0.15, -0.1) is 0 Å². The van der Waals surface area contributed by atoms with Crippen molar-refractivity contribution in [3.63, 3.8) is 0 Å². The molecule has 28 heavy (non-hydrogen) atoms. The molecule has 0 spiro atoms. The van der Waals surface area contributed by atoms with Gasteiger partial charge in [0.05, 0.1) is 11.1 Å². The van der Waals surface area contributed by atoms with Crippen LogP contribution < -0.4 is 11.3 Å². The number of aromatic nitrogens is 2. The lowest BCUT2D eigenvalue weighted by molar-refractivity contribution is -0.132. The largest absolute Gasteiger partial charge is 0.341 e. The van der Waals surface area contributed by atoms with Gasteiger partial charge in [0.25, 0.3) is 5.56 Å². The maximum atomic E-state index is 13.0. The summed E-state index contributed by atoms with van der Waals surface area (Å²) < 4.78 is 1.30. The zero-order valence-electron chi connectivity index (χ0n) is 15.8. The number of fused-ring (bicyclic) bond motifs is 1. The van der Waals surface area contributed by atoms with Crippen molar-refractivity contribution in [1.29, 1.82) is 0 Å². The number of nitrogens with zero attached hydrogens (tertiary/aromatic N) is 3. The van der Waals surface area contributed by atoms with E-state index in [9.17, 15) is 9.59 Å². The number of carbonyl (C=O) groups excluding carboxylic acids is 1. The van der Waals surface area contributed by atoms with Gasteiger partial charge >= 0.3 is 0 Å². The predicted molar refractivity (Wildman–Crippen MR) is 110 cm³/mol. The van der Waals surface area contributed by atoms with Crippen LogP contribution in [0, 0.1) is 0 Å². The molecule has 3 aromatic rings. The minimum absolute atomic E-state index is 0.0568. The molecule has 0 unspecified atom stereocenters. The molecule has 1 saturated heterocycles. The van der Waals surface area contributed by atoms with E-state index in [1.165, 1.54) is 4.68 Å². The smallest absolute Gasteiger partial charge is 0.275 e. The van der Waals surface area contributed by atoms with Crippen LogP contribution in [-0.2, 0) is 11.3 Å². The Balaban J connectivity index is 1.72. The van der Waals surface area contributed by atoms with Crippen molar-refractivity contribution < 1.29 is 4.79 Å². The Bertz CT molecular complexity index is 1050. The zero-order chi connectivity index (χ0) is 19.5. The molecule has 4 rings (SSSR count). The fraction of sp³-hybridized carbons (Fsp3) is 0.318. The summed E-state index contributed by atoms with van der Waals surface area (Å²) in [5.74, 6) is -0.0852. The Morgan fingerprint density at radius 1 is 1.00 bits per heavy atom. The molecule has 144 valence electrons. The van der Waals surface area contributed by atoms with Crippen molar-refractivity contribution in [2.45, 2.75) is 31.8 Å². The Morgan fingerprint density at radius 3 is 2.50 bits per heavy atom. The summed E-state index contributed by atoms with van der Waals surface area (Å²) in [6.45, 7) is 1.26. The van der Waals surface area contributed by atoms with Gasteiger partial charge in [-0.3, -0.25) is 9.59 Å². The van der Waals surface area contributed by atoms with E-state index in [0.717, 1.165) is 30.2 Å². The van der Waals surface area contributed by atoms with E-state index in [1.807, 2.05) is 48.5 Å². The summed E-state index contributed by atoms with van der Waals surface area (Å²) in [7, 11) is 0. The van der Waals surface area contributed by atoms with Crippen molar-refractivity contribution in [2.75, 3.05) is 13.1 Å². The SMILES string of the molecule is N[C@H]1CCCN(C(=O)Cn2nc(-c3ccccc3)c3ccccc3c2=O)CC1. The molecule has 2 N–H and O–H groups in total. The standard InChI is InChI=1S/C22H24N4O2/c23-17-9-6-13-25(14-12-17)20(27)15-26-22(28)19-11-5-4-10-18(19)21(24-26)16-7-2-1-3-8-16/h1-5,7-8,10-11,17H,6,9,12-15,23H2/t17-/m0/s1. The number of carbonyl (C=O) groups is 1. The van der Waals surface area contributed by atoms with Gasteiger partial charge < -0.3 is 10.6 Å². The van der Waals surface area contributed by atoms with Crippen LogP contribution in [0.3, 0.4) is 0 Å². The topological polar surface area (TPSA) is 81.2 Å². The van der Waals surface area contributed by atoms with Gasteiger partial charge in [0.2, 0.25) is 5.91 Å². The first kappa shape index (κ1) is 18.4. The average Bonchev–Trinajstić information content (AvgIpc) is 2.95. The van der Waals surface area contributed by atoms with Crippen molar-refractivity contribution in [1.82, 2.24) is 14.7 Å². The van der Waals surface area contributed by atoms with E-state index in [4.69, 9.17) is 5.73 Å². The number of benzene rings is 2. The van der Waals surface area contributed by atoms with Crippen LogP contribution in [0.15, 0.2) is 59.4 Å². The van der Waals surface area contributed by atoms with E-state index >= 15 is 0 Å². The molecule has 2 heterocycles. The van der Waals surface area contributed by atoms with Crippen LogP contribution in [0.4, 0.5) is 0 Å². The number of hydrogen-bond donors (Lipinski definition) is 1. The lowest BCUT2D eigenvalue weighted by Gasteiger charge is -2.21. The second kappa shape index (κ2) is 7.94. The molecular formula is C22H24N4O2. The molecule has 0 aliphatic carbocycles. The molecule has 1 aromatic heterocycles. The predicted octanol–water partition coefficient (Wildman–Crippen LogP) is 2.40. The molecule has 6 heteroatoms. The lowest BCUT2D eigenvalue weighted by atomic mass is 10.1. The van der Waals surface area contributed by atoms with Crippen LogP contribution in [0.5, 0.6) is 0 Å². The Labute approximate surface area is 163 Å². The number of amides is 1. The molecule has 1 fully saturated rings. The average molecular weight is 376 g/mol. The van der Waals surface area contributed by atoms with Crippen molar-refractivity contribution in [3.05, 3.63) is 65.0 Å². The molecule has 0 saturated carbocycles. The summed E-state index contributed by atoms with van der Waals surface area (Å²) in [6, 6.07) is 17.3. The Kier molecular flexibility index (Phi) is 5.21. The van der Waals surface area contributed by atoms with Gasteiger partial charge in [0.1, 0.15) is 6.54 Å². The summed E-state index contributed by atoms with van der Waals surface area (Å²) in [5, 5.41) is 5.94. The molecular weight excluding hydrogens is 352 g/mol. The Morgan fingerprint density at radius 2 is 1.71 bits per heavy atom. The van der Waals surface area contributed by atoms with Crippen LogP contribution in [0.2, 0.25) is 0 Å². The monoisotopic (exact) mass is 376 g/mol. The van der Waals surface area contributed by atoms with Gasteiger partial charge in [-0.05, 0) is 25.3 Å². The van der Waals surface area contributed by atoms with E-state index in [-0.39, 0.29) is 24.1 Å². The second-order valence-corrected chi connectivity index (χ2v) is 7.29. The van der Waals surface area contributed by atoms with E-state index < -0.39 is 0 Å². The third kappa shape index (κ3) is 3.68. The van der Waals surface area contributed by atoms with Crippen molar-refractivity contribution in [3.8, 4) is 11.3 Å². The van der Waals surface area contributed by atoms with Crippen LogP contribution in [0.1, 0.15) is 19.3 Å². The Hall–Kier alpha value is -2.99. The first-order valence-corrected chi connectivity index (χ1v) is 9.72. The van der Waals surface area contributed by atoms with Crippen LogP contribution in [0.25, 0.3) is 22.0 Å². The highest BCUT2D eigenvalue weighted by Crippen LogP contribution is 2.24. The van der Waals surface area contributed by atoms with E-state index in [2.05, 4.69) is 5.10 Å². The highest BCUT2D eigenvalue weighted by molar-refractivity contribution is 5.93. The second-order valence-electron chi connectivity index (χ2n) is 7.29. The molecule has 1 aliphatic heterocycles. The quantitative estimate of drug-likeness (QED) is 0.761. The minimum atomic E-state index is -0.241. The van der Waals surface area contributed by atoms with Gasteiger partial charge in [-0.25, -0.2) is 4.68 Å². The molecule has 1 atom stereocenters. The van der Waals surface area contributed by atoms with Crippen LogP contribution >= 0.6 is 0 Å². The summed E-state index contributed by atoms with van der Waals surface area (Å²) >= 11 is 0.